The highest BCUT2D eigenvalue weighted by Gasteiger charge is 2.34. The van der Waals surface area contributed by atoms with Gasteiger partial charge >= 0.3 is 0 Å². The van der Waals surface area contributed by atoms with Crippen LogP contribution in [0, 0.1) is 0 Å². The smallest absolute Gasteiger partial charge is 0.266 e. The molecule has 3 heterocycles. The summed E-state index contributed by atoms with van der Waals surface area (Å²) in [4.78, 5) is 29.4. The van der Waals surface area contributed by atoms with E-state index in [9.17, 15) is 9.59 Å². The molecule has 0 atom stereocenters. The lowest BCUT2D eigenvalue weighted by atomic mass is 10.3. The Bertz CT molecular complexity index is 604. The van der Waals surface area contributed by atoms with Gasteiger partial charge in [-0.25, -0.2) is 0 Å². The molecule has 110 valence electrons. The first kappa shape index (κ1) is 14.7. The fourth-order valence-corrected chi connectivity index (χ4v) is 4.32. The summed E-state index contributed by atoms with van der Waals surface area (Å²) in [6, 6.07) is 3.89. The summed E-state index contributed by atoms with van der Waals surface area (Å²) in [5.74, 6) is -0.174. The van der Waals surface area contributed by atoms with Gasteiger partial charge in [0.15, 0.2) is 0 Å². The first-order valence-electron chi connectivity index (χ1n) is 6.72. The molecule has 0 aromatic carbocycles. The van der Waals surface area contributed by atoms with E-state index in [4.69, 9.17) is 12.2 Å². The molecule has 2 saturated heterocycles. The Morgan fingerprint density at radius 2 is 2.14 bits per heavy atom. The van der Waals surface area contributed by atoms with E-state index >= 15 is 0 Å². The van der Waals surface area contributed by atoms with Gasteiger partial charge in [-0.1, -0.05) is 30.0 Å². The van der Waals surface area contributed by atoms with Crippen LogP contribution in [0.25, 0.3) is 6.08 Å². The number of thioether (sulfide) groups is 1. The second-order valence-electron chi connectivity index (χ2n) is 4.87. The molecule has 0 spiro atoms. The highest BCUT2D eigenvalue weighted by molar-refractivity contribution is 8.26. The number of carbonyl (C=O) groups is 2. The highest BCUT2D eigenvalue weighted by Crippen LogP contribution is 2.33. The number of amides is 2. The molecule has 0 unspecified atom stereocenters. The fraction of sp³-hybridized carbons (Fsp3) is 0.357. The van der Waals surface area contributed by atoms with Crippen LogP contribution >= 0.6 is 35.3 Å². The molecule has 0 N–H and O–H groups in total. The van der Waals surface area contributed by atoms with E-state index in [0.717, 1.165) is 30.8 Å². The van der Waals surface area contributed by atoms with E-state index < -0.39 is 0 Å². The molecule has 2 aliphatic heterocycles. The summed E-state index contributed by atoms with van der Waals surface area (Å²) in [5.41, 5.74) is 0. The maximum Gasteiger partial charge on any atom is 0.266 e. The van der Waals surface area contributed by atoms with E-state index in [1.54, 1.807) is 11.3 Å². The summed E-state index contributed by atoms with van der Waals surface area (Å²) in [6.07, 6.45) is 3.93. The van der Waals surface area contributed by atoms with Crippen molar-refractivity contribution < 1.29 is 9.59 Å². The number of rotatable bonds is 3. The van der Waals surface area contributed by atoms with Gasteiger partial charge in [-0.2, -0.15) is 0 Å². The molecule has 0 radical (unpaired) electrons. The average Bonchev–Trinajstić information content (AvgIpc) is 3.18. The van der Waals surface area contributed by atoms with Crippen LogP contribution < -0.4 is 0 Å². The van der Waals surface area contributed by atoms with Crippen LogP contribution in [-0.2, 0) is 9.59 Å². The van der Waals surface area contributed by atoms with E-state index in [0.29, 0.717) is 9.23 Å². The Morgan fingerprint density at radius 3 is 2.81 bits per heavy atom. The molecule has 0 aliphatic carbocycles. The van der Waals surface area contributed by atoms with Crippen molar-refractivity contribution in [3.63, 3.8) is 0 Å². The van der Waals surface area contributed by atoms with E-state index in [2.05, 4.69) is 0 Å². The number of thiocarbonyl (C=S) groups is 1. The number of likely N-dealkylation sites (tertiary alicyclic amines) is 1. The van der Waals surface area contributed by atoms with Gasteiger partial charge in [0.25, 0.3) is 5.91 Å². The lowest BCUT2D eigenvalue weighted by molar-refractivity contribution is -0.134. The zero-order valence-corrected chi connectivity index (χ0v) is 13.7. The summed E-state index contributed by atoms with van der Waals surface area (Å²) >= 11 is 8.08. The molecule has 1 aromatic heterocycles. The Balaban J connectivity index is 1.70. The fourth-order valence-electron chi connectivity index (χ4n) is 2.34. The summed E-state index contributed by atoms with van der Waals surface area (Å²) in [6.45, 7) is 1.64. The van der Waals surface area contributed by atoms with Crippen molar-refractivity contribution >= 4 is 57.5 Å². The van der Waals surface area contributed by atoms with Gasteiger partial charge in [-0.05, 0) is 30.4 Å². The molecule has 2 aliphatic rings. The molecule has 1 aromatic rings. The first-order valence-corrected chi connectivity index (χ1v) is 8.82. The second-order valence-corrected chi connectivity index (χ2v) is 7.53. The van der Waals surface area contributed by atoms with Crippen molar-refractivity contribution in [2.45, 2.75) is 12.8 Å². The zero-order valence-electron chi connectivity index (χ0n) is 11.3. The van der Waals surface area contributed by atoms with E-state index in [1.807, 2.05) is 28.5 Å². The van der Waals surface area contributed by atoms with Gasteiger partial charge < -0.3 is 4.90 Å². The molecule has 3 rings (SSSR count). The van der Waals surface area contributed by atoms with E-state index in [-0.39, 0.29) is 18.4 Å². The van der Waals surface area contributed by atoms with Crippen LogP contribution in [0.2, 0.25) is 0 Å². The molecule has 0 bridgehead atoms. The van der Waals surface area contributed by atoms with Crippen LogP contribution in [0.1, 0.15) is 17.7 Å². The maximum absolute atomic E-state index is 12.4. The minimum atomic E-state index is -0.161. The van der Waals surface area contributed by atoms with Gasteiger partial charge in [0.2, 0.25) is 5.91 Å². The summed E-state index contributed by atoms with van der Waals surface area (Å²) < 4.78 is 0.468. The van der Waals surface area contributed by atoms with Crippen molar-refractivity contribution in [1.29, 1.82) is 0 Å². The van der Waals surface area contributed by atoms with Crippen molar-refractivity contribution in [3.8, 4) is 0 Å². The van der Waals surface area contributed by atoms with Crippen molar-refractivity contribution in [2.75, 3.05) is 19.6 Å². The molecule has 4 nitrogen and oxygen atoms in total. The Labute approximate surface area is 136 Å². The minimum absolute atomic E-state index is 0.0128. The number of carbonyl (C=O) groups excluding carboxylic acids is 2. The first-order chi connectivity index (χ1) is 10.1. The van der Waals surface area contributed by atoms with Crippen LogP contribution in [0.15, 0.2) is 22.4 Å². The summed E-state index contributed by atoms with van der Waals surface area (Å²) in [5, 5.41) is 1.96. The monoisotopic (exact) mass is 338 g/mol. The minimum Gasteiger partial charge on any atom is -0.341 e. The maximum atomic E-state index is 12.4. The van der Waals surface area contributed by atoms with Crippen molar-refractivity contribution in [3.05, 3.63) is 27.3 Å². The largest absolute Gasteiger partial charge is 0.341 e. The van der Waals surface area contributed by atoms with Crippen LogP contribution in [-0.4, -0.2) is 45.6 Å². The van der Waals surface area contributed by atoms with Crippen molar-refractivity contribution in [2.24, 2.45) is 0 Å². The number of hydrogen-bond donors (Lipinski definition) is 0. The quantitative estimate of drug-likeness (QED) is 0.627. The molecule has 21 heavy (non-hydrogen) atoms. The van der Waals surface area contributed by atoms with Crippen LogP contribution in [0.5, 0.6) is 0 Å². The van der Waals surface area contributed by atoms with Gasteiger partial charge in [-0.15, -0.1) is 11.3 Å². The Kier molecular flexibility index (Phi) is 4.42. The summed E-state index contributed by atoms with van der Waals surface area (Å²) in [7, 11) is 0. The third-order valence-corrected chi connectivity index (χ3v) is 5.64. The van der Waals surface area contributed by atoms with Gasteiger partial charge in [0, 0.05) is 18.0 Å². The zero-order chi connectivity index (χ0) is 14.8. The van der Waals surface area contributed by atoms with Crippen molar-refractivity contribution in [1.82, 2.24) is 9.80 Å². The number of thiophene rings is 1. The standard InChI is InChI=1S/C14H14N2O2S3/c17-12(15-5-1-2-6-15)9-16-13(18)11(21-14(16)19)8-10-4-3-7-20-10/h3-4,7-8H,1-2,5-6,9H2/b11-8+. The predicted octanol–water partition coefficient (Wildman–Crippen LogP) is 2.57. The Morgan fingerprint density at radius 1 is 1.38 bits per heavy atom. The molecular weight excluding hydrogens is 324 g/mol. The normalized spacial score (nSPS) is 20.9. The molecule has 0 saturated carbocycles. The average molecular weight is 338 g/mol. The third kappa shape index (κ3) is 3.20. The molecular formula is C14H14N2O2S3. The van der Waals surface area contributed by atoms with Gasteiger partial charge in [0.05, 0.1) is 4.91 Å². The van der Waals surface area contributed by atoms with E-state index in [1.165, 1.54) is 16.7 Å². The lowest BCUT2D eigenvalue weighted by Gasteiger charge is -2.19. The number of hydrogen-bond acceptors (Lipinski definition) is 5. The molecule has 2 amide bonds. The SMILES string of the molecule is O=C(CN1C(=O)/C(=C\c2cccs2)SC1=S)N1CCCC1. The third-order valence-electron chi connectivity index (χ3n) is 3.44. The number of nitrogens with zero attached hydrogens (tertiary/aromatic N) is 2. The topological polar surface area (TPSA) is 40.6 Å². The second kappa shape index (κ2) is 6.29. The van der Waals surface area contributed by atoms with Crippen LogP contribution in [0.4, 0.5) is 0 Å². The molecule has 7 heteroatoms. The Hall–Kier alpha value is -1.18. The highest BCUT2D eigenvalue weighted by atomic mass is 32.2. The lowest BCUT2D eigenvalue weighted by Crippen LogP contribution is -2.40. The predicted molar refractivity (Wildman–Crippen MR) is 90.0 cm³/mol. The van der Waals surface area contributed by atoms with Gasteiger partial charge in [-0.3, -0.25) is 14.5 Å². The van der Waals surface area contributed by atoms with Crippen LogP contribution in [0.3, 0.4) is 0 Å². The van der Waals surface area contributed by atoms with Gasteiger partial charge in [0.1, 0.15) is 10.9 Å². The molecule has 2 fully saturated rings.